The normalized spacial score (nSPS) is 14.7. The summed E-state index contributed by atoms with van der Waals surface area (Å²) in [6.07, 6.45) is 7.36. The predicted octanol–water partition coefficient (Wildman–Crippen LogP) is 4.30. The topological polar surface area (TPSA) is 144 Å². The third-order valence-electron chi connectivity index (χ3n) is 6.46. The first kappa shape index (κ1) is 25.2. The number of nitrogens with two attached hydrogens (primary N) is 1. The standard InChI is InChI=1S/C28H27N5O5/c29-27-12-23(10-22-6-5-21(11-26(22)31-27)24-9-20(16-34)13-30-14-24)28(35)32(15-18-1-2-18)38-17-19-3-7-25(8-4-19)33(36)37/h3-11,13-14,18,34H,1-2,12,15-17H2,(H2,29,31). The number of aliphatic hydroxyl groups is 1. The summed E-state index contributed by atoms with van der Waals surface area (Å²) in [4.78, 5) is 38.7. The minimum Gasteiger partial charge on any atom is -0.392 e. The van der Waals surface area contributed by atoms with Gasteiger partial charge < -0.3 is 10.8 Å². The molecule has 194 valence electrons. The highest BCUT2D eigenvalue weighted by Gasteiger charge is 2.30. The fourth-order valence-electron chi connectivity index (χ4n) is 4.20. The van der Waals surface area contributed by atoms with Gasteiger partial charge in [0.05, 0.1) is 23.8 Å². The lowest BCUT2D eigenvalue weighted by Gasteiger charge is -2.23. The van der Waals surface area contributed by atoms with Gasteiger partial charge in [0.1, 0.15) is 12.4 Å². The number of hydrogen-bond acceptors (Lipinski definition) is 8. The van der Waals surface area contributed by atoms with E-state index < -0.39 is 4.92 Å². The monoisotopic (exact) mass is 513 g/mol. The summed E-state index contributed by atoms with van der Waals surface area (Å²) in [5.41, 5.74) is 11.2. The fraction of sp³-hybridized carbons (Fsp3) is 0.250. The van der Waals surface area contributed by atoms with Gasteiger partial charge in [0.25, 0.3) is 11.6 Å². The van der Waals surface area contributed by atoms with E-state index in [1.165, 1.54) is 17.2 Å². The van der Waals surface area contributed by atoms with Gasteiger partial charge in [0.15, 0.2) is 0 Å². The van der Waals surface area contributed by atoms with Crippen molar-refractivity contribution in [2.24, 2.45) is 16.6 Å². The number of rotatable bonds is 9. The summed E-state index contributed by atoms with van der Waals surface area (Å²) < 4.78 is 0. The van der Waals surface area contributed by atoms with Gasteiger partial charge in [-0.3, -0.25) is 24.7 Å². The van der Waals surface area contributed by atoms with E-state index in [2.05, 4.69) is 9.98 Å². The second kappa shape index (κ2) is 10.9. The highest BCUT2D eigenvalue weighted by molar-refractivity contribution is 6.05. The molecule has 0 atom stereocenters. The Morgan fingerprint density at radius 1 is 1.11 bits per heavy atom. The van der Waals surface area contributed by atoms with Crippen LogP contribution in [0.5, 0.6) is 0 Å². The van der Waals surface area contributed by atoms with E-state index in [1.54, 1.807) is 30.6 Å². The zero-order chi connectivity index (χ0) is 26.6. The average molecular weight is 514 g/mol. The van der Waals surface area contributed by atoms with E-state index in [4.69, 9.17) is 10.6 Å². The van der Waals surface area contributed by atoms with Crippen molar-refractivity contribution in [1.29, 1.82) is 0 Å². The number of carbonyl (C=O) groups is 1. The van der Waals surface area contributed by atoms with Gasteiger partial charge in [0, 0.05) is 47.6 Å². The van der Waals surface area contributed by atoms with Gasteiger partial charge in [0.2, 0.25) is 0 Å². The summed E-state index contributed by atoms with van der Waals surface area (Å²) in [5.74, 6) is 0.407. The van der Waals surface area contributed by atoms with Crippen LogP contribution < -0.4 is 5.73 Å². The second-order valence-electron chi connectivity index (χ2n) is 9.47. The number of pyridine rings is 1. The average Bonchev–Trinajstić information content (AvgIpc) is 3.76. The number of carbonyl (C=O) groups excluding carboxylic acids is 1. The molecule has 1 saturated carbocycles. The van der Waals surface area contributed by atoms with Crippen molar-refractivity contribution < 1.29 is 19.7 Å². The molecule has 1 aliphatic heterocycles. The molecule has 1 aliphatic carbocycles. The summed E-state index contributed by atoms with van der Waals surface area (Å²) in [6.45, 7) is 0.461. The van der Waals surface area contributed by atoms with Crippen molar-refractivity contribution in [3.05, 3.63) is 93.3 Å². The SMILES string of the molecule is NC1=Nc2cc(-c3cncc(CO)c3)ccc2C=C(C(=O)N(CC2CC2)OCc2ccc([N+](=O)[O-])cc2)C1. The number of amidine groups is 1. The molecule has 3 N–H and O–H groups in total. The molecular formula is C28H27N5O5. The number of nitro benzene ring substituents is 1. The third kappa shape index (κ3) is 5.93. The molecule has 0 bridgehead atoms. The lowest BCUT2D eigenvalue weighted by atomic mass is 10.0. The van der Waals surface area contributed by atoms with Crippen LogP contribution in [0.3, 0.4) is 0 Å². The smallest absolute Gasteiger partial charge is 0.273 e. The van der Waals surface area contributed by atoms with Crippen molar-refractivity contribution in [3.63, 3.8) is 0 Å². The number of non-ortho nitro benzene ring substituents is 1. The number of fused-ring (bicyclic) bond motifs is 1. The minimum atomic E-state index is -0.456. The zero-order valence-electron chi connectivity index (χ0n) is 20.6. The Morgan fingerprint density at radius 2 is 1.89 bits per heavy atom. The molecular weight excluding hydrogens is 486 g/mol. The fourth-order valence-corrected chi connectivity index (χ4v) is 4.20. The number of hydrogen-bond donors (Lipinski definition) is 2. The van der Waals surface area contributed by atoms with Gasteiger partial charge >= 0.3 is 0 Å². The van der Waals surface area contributed by atoms with Crippen LogP contribution in [0.15, 0.2) is 71.5 Å². The number of amides is 1. The molecule has 5 rings (SSSR count). The van der Waals surface area contributed by atoms with E-state index in [0.717, 1.165) is 35.1 Å². The number of nitro groups is 1. The van der Waals surface area contributed by atoms with Crippen LogP contribution in [0, 0.1) is 16.0 Å². The molecule has 10 nitrogen and oxygen atoms in total. The maximum atomic E-state index is 13.6. The van der Waals surface area contributed by atoms with Gasteiger partial charge in [-0.2, -0.15) is 0 Å². The van der Waals surface area contributed by atoms with Gasteiger partial charge in [-0.05, 0) is 65.8 Å². The van der Waals surface area contributed by atoms with Crippen LogP contribution in [0.2, 0.25) is 0 Å². The van der Waals surface area contributed by atoms with Gasteiger partial charge in [-0.1, -0.05) is 12.1 Å². The molecule has 2 heterocycles. The van der Waals surface area contributed by atoms with Crippen LogP contribution in [0.1, 0.15) is 36.0 Å². The van der Waals surface area contributed by atoms with Crippen molar-refractivity contribution in [2.45, 2.75) is 32.5 Å². The first-order valence-corrected chi connectivity index (χ1v) is 12.3. The lowest BCUT2D eigenvalue weighted by Crippen LogP contribution is -2.35. The number of aromatic nitrogens is 1. The zero-order valence-corrected chi connectivity index (χ0v) is 20.6. The maximum Gasteiger partial charge on any atom is 0.273 e. The molecule has 2 aliphatic rings. The summed E-state index contributed by atoms with van der Waals surface area (Å²) in [5, 5.41) is 21.7. The molecule has 0 radical (unpaired) electrons. The van der Waals surface area contributed by atoms with E-state index in [0.29, 0.717) is 35.1 Å². The van der Waals surface area contributed by atoms with E-state index in [1.807, 2.05) is 24.3 Å². The Labute approximate surface area is 219 Å². The predicted molar refractivity (Wildman–Crippen MR) is 142 cm³/mol. The van der Waals surface area contributed by atoms with E-state index in [-0.39, 0.29) is 31.2 Å². The molecule has 0 unspecified atom stereocenters. The van der Waals surface area contributed by atoms with Crippen molar-refractivity contribution in [1.82, 2.24) is 10.0 Å². The largest absolute Gasteiger partial charge is 0.392 e. The Bertz CT molecular complexity index is 1430. The molecule has 1 aromatic heterocycles. The number of benzene rings is 2. The highest BCUT2D eigenvalue weighted by Crippen LogP contribution is 2.34. The van der Waals surface area contributed by atoms with Gasteiger partial charge in [-0.15, -0.1) is 0 Å². The Balaban J connectivity index is 1.37. The van der Waals surface area contributed by atoms with Crippen molar-refractivity contribution in [3.8, 4) is 11.1 Å². The Morgan fingerprint density at radius 3 is 2.61 bits per heavy atom. The minimum absolute atomic E-state index is 0.00257. The second-order valence-corrected chi connectivity index (χ2v) is 9.47. The highest BCUT2D eigenvalue weighted by atomic mass is 16.7. The quantitative estimate of drug-likeness (QED) is 0.321. The summed E-state index contributed by atoms with van der Waals surface area (Å²) >= 11 is 0. The Hall–Kier alpha value is -4.41. The van der Waals surface area contributed by atoms with Crippen LogP contribution in [-0.2, 0) is 22.8 Å². The molecule has 1 fully saturated rings. The van der Waals surface area contributed by atoms with Crippen molar-refractivity contribution in [2.75, 3.05) is 6.54 Å². The van der Waals surface area contributed by atoms with Crippen LogP contribution in [0.25, 0.3) is 17.2 Å². The van der Waals surface area contributed by atoms with Crippen LogP contribution in [-0.4, -0.2) is 38.4 Å². The number of aliphatic imine (C=N–C) groups is 1. The van der Waals surface area contributed by atoms with Gasteiger partial charge in [-0.25, -0.2) is 10.1 Å². The van der Waals surface area contributed by atoms with Crippen LogP contribution in [0.4, 0.5) is 11.4 Å². The summed E-state index contributed by atoms with van der Waals surface area (Å²) in [7, 11) is 0. The molecule has 3 aromatic rings. The molecule has 2 aromatic carbocycles. The first-order chi connectivity index (χ1) is 18.4. The summed E-state index contributed by atoms with van der Waals surface area (Å²) in [6, 6.07) is 13.6. The Kier molecular flexibility index (Phi) is 7.25. The molecule has 10 heteroatoms. The van der Waals surface area contributed by atoms with E-state index in [9.17, 15) is 20.0 Å². The van der Waals surface area contributed by atoms with Crippen LogP contribution >= 0.6 is 0 Å². The molecule has 1 amide bonds. The van der Waals surface area contributed by atoms with Crippen molar-refractivity contribution >= 4 is 29.2 Å². The number of aliphatic hydroxyl groups excluding tert-OH is 1. The molecule has 38 heavy (non-hydrogen) atoms. The molecule has 0 saturated heterocycles. The number of hydroxylamine groups is 2. The third-order valence-corrected chi connectivity index (χ3v) is 6.46. The molecule has 0 spiro atoms. The first-order valence-electron chi connectivity index (χ1n) is 12.3. The number of nitrogens with zero attached hydrogens (tertiary/aromatic N) is 4. The van der Waals surface area contributed by atoms with E-state index >= 15 is 0 Å². The maximum absolute atomic E-state index is 13.6. The lowest BCUT2D eigenvalue weighted by molar-refractivity contribution is -0.384.